The lowest BCUT2D eigenvalue weighted by Crippen LogP contribution is -2.49. The second kappa shape index (κ2) is 5.67. The molecular formula is C13H26N2O. The Kier molecular flexibility index (Phi) is 4.78. The molecule has 1 amide bonds. The minimum absolute atomic E-state index is 0.0450. The SMILES string of the molecule is CC1CCCC(CCNC(=O)C(C)(C)N)C1. The highest BCUT2D eigenvalue weighted by atomic mass is 16.2. The van der Waals surface area contributed by atoms with Gasteiger partial charge in [0.25, 0.3) is 0 Å². The maximum atomic E-state index is 11.5. The van der Waals surface area contributed by atoms with Crippen LogP contribution in [0.25, 0.3) is 0 Å². The number of hydrogen-bond acceptors (Lipinski definition) is 2. The van der Waals surface area contributed by atoms with Crippen molar-refractivity contribution in [3.63, 3.8) is 0 Å². The number of nitrogens with one attached hydrogen (secondary N) is 1. The van der Waals surface area contributed by atoms with Crippen molar-refractivity contribution in [2.75, 3.05) is 6.54 Å². The zero-order valence-corrected chi connectivity index (χ0v) is 10.9. The second-order valence-corrected chi connectivity index (χ2v) is 5.90. The van der Waals surface area contributed by atoms with E-state index in [0.29, 0.717) is 0 Å². The van der Waals surface area contributed by atoms with Crippen molar-refractivity contribution in [2.45, 2.75) is 58.4 Å². The monoisotopic (exact) mass is 226 g/mol. The van der Waals surface area contributed by atoms with Gasteiger partial charge in [-0.15, -0.1) is 0 Å². The van der Waals surface area contributed by atoms with E-state index in [9.17, 15) is 4.79 Å². The predicted molar refractivity (Wildman–Crippen MR) is 67.0 cm³/mol. The van der Waals surface area contributed by atoms with Gasteiger partial charge in [0.2, 0.25) is 5.91 Å². The lowest BCUT2D eigenvalue weighted by Gasteiger charge is -2.27. The van der Waals surface area contributed by atoms with E-state index in [0.717, 1.165) is 24.8 Å². The molecule has 0 aromatic rings. The van der Waals surface area contributed by atoms with Crippen molar-refractivity contribution < 1.29 is 4.79 Å². The van der Waals surface area contributed by atoms with Crippen LogP contribution in [0.1, 0.15) is 52.9 Å². The fourth-order valence-electron chi connectivity index (χ4n) is 2.44. The minimum Gasteiger partial charge on any atom is -0.355 e. The van der Waals surface area contributed by atoms with Crippen LogP contribution in [0.2, 0.25) is 0 Å². The molecule has 1 aliphatic rings. The highest BCUT2D eigenvalue weighted by Gasteiger charge is 2.22. The van der Waals surface area contributed by atoms with Gasteiger partial charge in [-0.2, -0.15) is 0 Å². The molecule has 3 nitrogen and oxygen atoms in total. The summed E-state index contributed by atoms with van der Waals surface area (Å²) in [4.78, 5) is 11.5. The van der Waals surface area contributed by atoms with Crippen LogP contribution in [-0.4, -0.2) is 18.0 Å². The first-order valence-electron chi connectivity index (χ1n) is 6.46. The zero-order chi connectivity index (χ0) is 12.2. The number of rotatable bonds is 4. The Labute approximate surface area is 99.2 Å². The normalized spacial score (nSPS) is 26.5. The van der Waals surface area contributed by atoms with E-state index in [-0.39, 0.29) is 5.91 Å². The molecule has 2 atom stereocenters. The highest BCUT2D eigenvalue weighted by molar-refractivity contribution is 5.84. The van der Waals surface area contributed by atoms with Gasteiger partial charge in [0.15, 0.2) is 0 Å². The third kappa shape index (κ3) is 4.52. The zero-order valence-electron chi connectivity index (χ0n) is 10.9. The van der Waals surface area contributed by atoms with Crippen molar-refractivity contribution in [2.24, 2.45) is 17.6 Å². The Morgan fingerprint density at radius 3 is 2.69 bits per heavy atom. The predicted octanol–water partition coefficient (Wildman–Crippen LogP) is 2.06. The first-order chi connectivity index (χ1) is 7.39. The van der Waals surface area contributed by atoms with E-state index < -0.39 is 5.54 Å². The van der Waals surface area contributed by atoms with Crippen LogP contribution in [0, 0.1) is 11.8 Å². The number of amides is 1. The lowest BCUT2D eigenvalue weighted by atomic mass is 9.81. The molecular weight excluding hydrogens is 200 g/mol. The summed E-state index contributed by atoms with van der Waals surface area (Å²) < 4.78 is 0. The Bertz CT molecular complexity index is 233. The van der Waals surface area contributed by atoms with Gasteiger partial charge in [-0.25, -0.2) is 0 Å². The molecule has 0 heterocycles. The van der Waals surface area contributed by atoms with Gasteiger partial charge in [0, 0.05) is 6.54 Å². The van der Waals surface area contributed by atoms with Crippen LogP contribution >= 0.6 is 0 Å². The van der Waals surface area contributed by atoms with Gasteiger partial charge in [-0.3, -0.25) is 4.79 Å². The van der Waals surface area contributed by atoms with E-state index >= 15 is 0 Å². The summed E-state index contributed by atoms with van der Waals surface area (Å²) in [6.45, 7) is 6.58. The molecule has 1 fully saturated rings. The third-order valence-corrected chi connectivity index (χ3v) is 3.47. The van der Waals surface area contributed by atoms with Crippen LogP contribution in [0.3, 0.4) is 0 Å². The van der Waals surface area contributed by atoms with Crippen LogP contribution in [0.5, 0.6) is 0 Å². The fourth-order valence-corrected chi connectivity index (χ4v) is 2.44. The molecule has 3 heteroatoms. The highest BCUT2D eigenvalue weighted by Crippen LogP contribution is 2.30. The van der Waals surface area contributed by atoms with Crippen molar-refractivity contribution >= 4 is 5.91 Å². The lowest BCUT2D eigenvalue weighted by molar-refractivity contribution is -0.125. The Morgan fingerprint density at radius 2 is 2.12 bits per heavy atom. The average Bonchev–Trinajstić information content (AvgIpc) is 2.16. The maximum absolute atomic E-state index is 11.5. The van der Waals surface area contributed by atoms with Gasteiger partial charge in [0.1, 0.15) is 0 Å². The Balaban J connectivity index is 2.18. The number of nitrogens with two attached hydrogens (primary N) is 1. The topological polar surface area (TPSA) is 55.1 Å². The summed E-state index contributed by atoms with van der Waals surface area (Å²) >= 11 is 0. The summed E-state index contributed by atoms with van der Waals surface area (Å²) in [7, 11) is 0. The molecule has 94 valence electrons. The van der Waals surface area contributed by atoms with Gasteiger partial charge in [-0.05, 0) is 38.5 Å². The molecule has 0 aliphatic heterocycles. The number of hydrogen-bond donors (Lipinski definition) is 2. The summed E-state index contributed by atoms with van der Waals surface area (Å²) in [6, 6.07) is 0. The summed E-state index contributed by atoms with van der Waals surface area (Å²) in [5, 5.41) is 2.92. The molecule has 0 bridgehead atoms. The molecule has 0 spiro atoms. The Morgan fingerprint density at radius 1 is 1.44 bits per heavy atom. The van der Waals surface area contributed by atoms with Crippen molar-refractivity contribution in [1.29, 1.82) is 0 Å². The molecule has 0 saturated heterocycles. The van der Waals surface area contributed by atoms with Crippen molar-refractivity contribution in [3.05, 3.63) is 0 Å². The molecule has 1 rings (SSSR count). The third-order valence-electron chi connectivity index (χ3n) is 3.47. The van der Waals surface area contributed by atoms with Gasteiger partial charge >= 0.3 is 0 Å². The average molecular weight is 226 g/mol. The fraction of sp³-hybridized carbons (Fsp3) is 0.923. The van der Waals surface area contributed by atoms with E-state index in [1.165, 1.54) is 25.7 Å². The summed E-state index contributed by atoms with van der Waals surface area (Å²) in [5.41, 5.74) is 4.96. The molecule has 16 heavy (non-hydrogen) atoms. The number of carbonyl (C=O) groups is 1. The summed E-state index contributed by atoms with van der Waals surface area (Å²) in [6.07, 6.45) is 6.47. The molecule has 0 aromatic carbocycles. The van der Waals surface area contributed by atoms with E-state index in [1.54, 1.807) is 13.8 Å². The van der Waals surface area contributed by atoms with E-state index in [2.05, 4.69) is 12.2 Å². The standard InChI is InChI=1S/C13H26N2O/c1-10-5-4-6-11(9-10)7-8-15-12(16)13(2,3)14/h10-11H,4-9,14H2,1-3H3,(H,15,16). The maximum Gasteiger partial charge on any atom is 0.239 e. The quantitative estimate of drug-likeness (QED) is 0.771. The molecule has 0 aromatic heterocycles. The van der Waals surface area contributed by atoms with Crippen LogP contribution in [0.15, 0.2) is 0 Å². The molecule has 0 radical (unpaired) electrons. The smallest absolute Gasteiger partial charge is 0.239 e. The second-order valence-electron chi connectivity index (χ2n) is 5.90. The first kappa shape index (κ1) is 13.5. The van der Waals surface area contributed by atoms with Crippen LogP contribution < -0.4 is 11.1 Å². The molecule has 1 aliphatic carbocycles. The molecule has 2 unspecified atom stereocenters. The van der Waals surface area contributed by atoms with E-state index in [4.69, 9.17) is 5.73 Å². The Hall–Kier alpha value is -0.570. The van der Waals surface area contributed by atoms with Gasteiger partial charge in [0.05, 0.1) is 5.54 Å². The van der Waals surface area contributed by atoms with Gasteiger partial charge < -0.3 is 11.1 Å². The van der Waals surface area contributed by atoms with Crippen LogP contribution in [0.4, 0.5) is 0 Å². The first-order valence-corrected chi connectivity index (χ1v) is 6.46. The van der Waals surface area contributed by atoms with Crippen molar-refractivity contribution in [1.82, 2.24) is 5.32 Å². The number of carbonyl (C=O) groups excluding carboxylic acids is 1. The molecule has 1 saturated carbocycles. The van der Waals surface area contributed by atoms with E-state index in [1.807, 2.05) is 0 Å². The summed E-state index contributed by atoms with van der Waals surface area (Å²) in [5.74, 6) is 1.61. The largest absolute Gasteiger partial charge is 0.355 e. The van der Waals surface area contributed by atoms with Gasteiger partial charge in [-0.1, -0.05) is 26.2 Å². The minimum atomic E-state index is -0.750. The molecule has 3 N–H and O–H groups in total. The van der Waals surface area contributed by atoms with Crippen molar-refractivity contribution in [3.8, 4) is 0 Å². The van der Waals surface area contributed by atoms with Crippen LogP contribution in [-0.2, 0) is 4.79 Å².